The van der Waals surface area contributed by atoms with E-state index in [4.69, 9.17) is 0 Å². The summed E-state index contributed by atoms with van der Waals surface area (Å²) >= 11 is 0. The number of carbonyl (C=O) groups is 1. The predicted molar refractivity (Wildman–Crippen MR) is 41.1 cm³/mol. The van der Waals surface area contributed by atoms with Crippen LogP contribution in [0.15, 0.2) is 0 Å². The lowest BCUT2D eigenvalue weighted by atomic mass is 10.2. The van der Waals surface area contributed by atoms with Gasteiger partial charge < -0.3 is 4.74 Å². The summed E-state index contributed by atoms with van der Waals surface area (Å²) in [5.41, 5.74) is 0. The quantitative estimate of drug-likeness (QED) is 0.621. The van der Waals surface area contributed by atoms with Gasteiger partial charge in [0.25, 0.3) is 5.92 Å². The zero-order valence-electron chi connectivity index (χ0n) is 7.56. The van der Waals surface area contributed by atoms with Crippen molar-refractivity contribution in [3.63, 3.8) is 0 Å². The molecule has 0 bridgehead atoms. The lowest BCUT2D eigenvalue weighted by molar-refractivity contribution is -0.155. The smallest absolute Gasteiger partial charge is 0.312 e. The molecule has 0 aromatic carbocycles. The van der Waals surface area contributed by atoms with Crippen LogP contribution in [0.2, 0.25) is 0 Å². The number of hydrogen-bond acceptors (Lipinski definition) is 2. The van der Waals surface area contributed by atoms with Gasteiger partial charge in [-0.15, -0.1) is 0 Å². The average Bonchev–Trinajstić information content (AvgIpc) is 1.84. The van der Waals surface area contributed by atoms with Crippen LogP contribution in [0.3, 0.4) is 0 Å². The maximum atomic E-state index is 12.6. The summed E-state index contributed by atoms with van der Waals surface area (Å²) in [6, 6.07) is 0. The Morgan fingerprint density at radius 1 is 1.50 bits per heavy atom. The van der Waals surface area contributed by atoms with Crippen molar-refractivity contribution < 1.29 is 18.3 Å². The van der Waals surface area contributed by atoms with E-state index >= 15 is 0 Å². The summed E-state index contributed by atoms with van der Waals surface area (Å²) in [5.74, 6) is -3.76. The topological polar surface area (TPSA) is 26.3 Å². The maximum absolute atomic E-state index is 12.6. The van der Waals surface area contributed by atoms with E-state index in [0.717, 1.165) is 0 Å². The largest absolute Gasteiger partial charge is 0.463 e. The minimum absolute atomic E-state index is 0.329. The molecule has 0 aromatic rings. The van der Waals surface area contributed by atoms with E-state index in [1.165, 1.54) is 6.92 Å². The second-order valence-electron chi connectivity index (χ2n) is 2.92. The summed E-state index contributed by atoms with van der Waals surface area (Å²) in [6.07, 6.45) is -1.48. The first-order chi connectivity index (χ1) is 5.37. The van der Waals surface area contributed by atoms with Crippen molar-refractivity contribution in [1.82, 2.24) is 0 Å². The van der Waals surface area contributed by atoms with Crippen molar-refractivity contribution in [3.05, 3.63) is 0 Å². The van der Waals surface area contributed by atoms with Gasteiger partial charge in [0, 0.05) is 6.42 Å². The Hall–Kier alpha value is -0.670. The van der Waals surface area contributed by atoms with Crippen LogP contribution in [0, 0.1) is 0 Å². The van der Waals surface area contributed by atoms with Crippen molar-refractivity contribution in [1.29, 1.82) is 0 Å². The molecule has 0 N–H and O–H groups in total. The highest BCUT2D eigenvalue weighted by atomic mass is 19.3. The first-order valence-electron chi connectivity index (χ1n) is 3.94. The molecule has 0 atom stereocenters. The molecule has 0 aromatic heterocycles. The third-order valence-corrected chi connectivity index (χ3v) is 1.29. The molecule has 0 radical (unpaired) electrons. The third-order valence-electron chi connectivity index (χ3n) is 1.29. The molecular weight excluding hydrogens is 166 g/mol. The molecule has 0 unspecified atom stereocenters. The molecule has 0 amide bonds. The van der Waals surface area contributed by atoms with Crippen LogP contribution < -0.4 is 0 Å². The van der Waals surface area contributed by atoms with E-state index < -0.39 is 18.3 Å². The van der Waals surface area contributed by atoms with Gasteiger partial charge >= 0.3 is 5.97 Å². The zero-order chi connectivity index (χ0) is 9.78. The van der Waals surface area contributed by atoms with Gasteiger partial charge in [-0.25, -0.2) is 8.78 Å². The highest BCUT2D eigenvalue weighted by molar-refractivity contribution is 5.70. The summed E-state index contributed by atoms with van der Waals surface area (Å²) in [6.45, 7) is 4.59. The molecule has 0 saturated heterocycles. The number of alkyl halides is 2. The minimum atomic E-state index is -2.92. The molecule has 2 nitrogen and oxygen atoms in total. The number of esters is 1. The number of carbonyl (C=O) groups excluding carboxylic acids is 1. The van der Waals surface area contributed by atoms with E-state index in [1.54, 1.807) is 13.8 Å². The summed E-state index contributed by atoms with van der Waals surface area (Å²) in [7, 11) is 0. The van der Waals surface area contributed by atoms with Crippen molar-refractivity contribution in [3.8, 4) is 0 Å². The first-order valence-corrected chi connectivity index (χ1v) is 3.94. The standard InChI is InChI=1S/C8H14F2O2/c1-4-8(9,10)5-7(11)12-6(2)3/h6H,4-5H2,1-3H3. The average molecular weight is 180 g/mol. The molecule has 0 fully saturated rings. The fourth-order valence-electron chi connectivity index (χ4n) is 0.641. The van der Waals surface area contributed by atoms with E-state index in [2.05, 4.69) is 4.74 Å². The van der Waals surface area contributed by atoms with Crippen molar-refractivity contribution >= 4 is 5.97 Å². The van der Waals surface area contributed by atoms with Crippen LogP contribution in [-0.4, -0.2) is 18.0 Å². The Morgan fingerprint density at radius 3 is 2.33 bits per heavy atom. The number of rotatable bonds is 4. The van der Waals surface area contributed by atoms with Gasteiger partial charge in [0.1, 0.15) is 6.42 Å². The summed E-state index contributed by atoms with van der Waals surface area (Å²) < 4.78 is 29.7. The zero-order valence-corrected chi connectivity index (χ0v) is 7.56. The molecule has 0 heterocycles. The Bertz CT molecular complexity index is 155. The summed E-state index contributed by atoms with van der Waals surface area (Å²) in [4.78, 5) is 10.7. The third kappa shape index (κ3) is 5.04. The SMILES string of the molecule is CCC(F)(F)CC(=O)OC(C)C. The maximum Gasteiger partial charge on any atom is 0.312 e. The van der Waals surface area contributed by atoms with E-state index in [0.29, 0.717) is 0 Å². The Labute approximate surface area is 70.9 Å². The normalized spacial score (nSPS) is 11.8. The van der Waals surface area contributed by atoms with Gasteiger partial charge in [-0.3, -0.25) is 4.79 Å². The first kappa shape index (κ1) is 11.3. The second kappa shape index (κ2) is 4.38. The van der Waals surface area contributed by atoms with Gasteiger partial charge in [0.05, 0.1) is 6.10 Å². The fraction of sp³-hybridized carbons (Fsp3) is 0.875. The molecule has 4 heteroatoms. The molecule has 0 saturated carbocycles. The molecule has 0 spiro atoms. The van der Waals surface area contributed by atoms with Gasteiger partial charge in [-0.05, 0) is 13.8 Å². The van der Waals surface area contributed by atoms with Crippen molar-refractivity contribution in [2.75, 3.05) is 0 Å². The van der Waals surface area contributed by atoms with E-state index in [1.807, 2.05) is 0 Å². The molecular formula is C8H14F2O2. The van der Waals surface area contributed by atoms with Crippen LogP contribution in [0.1, 0.15) is 33.6 Å². The number of hydrogen-bond donors (Lipinski definition) is 0. The van der Waals surface area contributed by atoms with Crippen LogP contribution in [-0.2, 0) is 9.53 Å². The molecule has 72 valence electrons. The Morgan fingerprint density at radius 2 is 2.00 bits per heavy atom. The monoisotopic (exact) mass is 180 g/mol. The lowest BCUT2D eigenvalue weighted by Gasteiger charge is -2.14. The molecule has 0 aliphatic heterocycles. The van der Waals surface area contributed by atoms with Crippen LogP contribution in [0.4, 0.5) is 8.78 Å². The highest BCUT2D eigenvalue weighted by Crippen LogP contribution is 2.22. The van der Waals surface area contributed by atoms with E-state index in [-0.39, 0.29) is 12.5 Å². The molecule has 0 aliphatic carbocycles. The van der Waals surface area contributed by atoms with Crippen LogP contribution in [0.25, 0.3) is 0 Å². The van der Waals surface area contributed by atoms with Gasteiger partial charge in [-0.2, -0.15) is 0 Å². The fourth-order valence-corrected chi connectivity index (χ4v) is 0.641. The van der Waals surface area contributed by atoms with Crippen molar-refractivity contribution in [2.45, 2.75) is 45.6 Å². The highest BCUT2D eigenvalue weighted by Gasteiger charge is 2.30. The van der Waals surface area contributed by atoms with Gasteiger partial charge in [0.2, 0.25) is 0 Å². The Kier molecular flexibility index (Phi) is 4.13. The second-order valence-corrected chi connectivity index (χ2v) is 2.92. The molecule has 12 heavy (non-hydrogen) atoms. The molecule has 0 aliphatic rings. The van der Waals surface area contributed by atoms with Crippen molar-refractivity contribution in [2.24, 2.45) is 0 Å². The lowest BCUT2D eigenvalue weighted by Crippen LogP contribution is -2.23. The number of ether oxygens (including phenoxy) is 1. The predicted octanol–water partition coefficient (Wildman–Crippen LogP) is 2.37. The summed E-state index contributed by atoms with van der Waals surface area (Å²) in [5, 5.41) is 0. The molecule has 0 rings (SSSR count). The van der Waals surface area contributed by atoms with Gasteiger partial charge in [-0.1, -0.05) is 6.92 Å². The minimum Gasteiger partial charge on any atom is -0.463 e. The van der Waals surface area contributed by atoms with Crippen LogP contribution >= 0.6 is 0 Å². The Balaban J connectivity index is 3.84. The van der Waals surface area contributed by atoms with E-state index in [9.17, 15) is 13.6 Å². The van der Waals surface area contributed by atoms with Crippen LogP contribution in [0.5, 0.6) is 0 Å². The number of halogens is 2. The van der Waals surface area contributed by atoms with Gasteiger partial charge in [0.15, 0.2) is 0 Å².